The molecule has 5 heteroatoms. The van der Waals surface area contributed by atoms with Gasteiger partial charge in [0.15, 0.2) is 0 Å². The number of hydrogen-bond donors (Lipinski definition) is 2. The molecule has 2 N–H and O–H groups in total. The summed E-state index contributed by atoms with van der Waals surface area (Å²) in [5.74, 6) is 0. The zero-order valence-corrected chi connectivity index (χ0v) is 15.5. The van der Waals surface area contributed by atoms with Gasteiger partial charge in [-0.05, 0) is 43.2 Å². The molecule has 0 aliphatic rings. The Morgan fingerprint density at radius 3 is 2.12 bits per heavy atom. The number of nitrogens with one attached hydrogen (secondary N) is 1. The highest BCUT2D eigenvalue weighted by Gasteiger charge is 2.20. The molecule has 3 aromatic rings. The summed E-state index contributed by atoms with van der Waals surface area (Å²) in [6.07, 6.45) is -0.924. The van der Waals surface area contributed by atoms with Gasteiger partial charge in [0, 0.05) is 5.56 Å². The summed E-state index contributed by atoms with van der Waals surface area (Å²) in [5, 5.41) is 10.7. The van der Waals surface area contributed by atoms with Gasteiger partial charge in [-0.3, -0.25) is 4.72 Å². The molecule has 134 valence electrons. The number of aryl methyl sites for hydroxylation is 2. The average molecular weight is 367 g/mol. The van der Waals surface area contributed by atoms with Gasteiger partial charge in [-0.15, -0.1) is 0 Å². The minimum absolute atomic E-state index is 0.185. The van der Waals surface area contributed by atoms with E-state index in [9.17, 15) is 13.5 Å². The predicted molar refractivity (Wildman–Crippen MR) is 104 cm³/mol. The van der Waals surface area contributed by atoms with Gasteiger partial charge in [0.1, 0.15) is 6.10 Å². The zero-order chi connectivity index (χ0) is 18.7. The predicted octanol–water partition coefficient (Wildman–Crippen LogP) is 4.19. The molecule has 3 aromatic carbocycles. The number of hydrogen-bond acceptors (Lipinski definition) is 3. The van der Waals surface area contributed by atoms with E-state index in [2.05, 4.69) is 4.72 Å². The molecular weight excluding hydrogens is 346 g/mol. The molecule has 0 heterocycles. The van der Waals surface area contributed by atoms with Crippen molar-refractivity contribution in [1.82, 2.24) is 0 Å². The second-order valence-corrected chi connectivity index (χ2v) is 8.00. The minimum atomic E-state index is -3.75. The molecule has 0 spiro atoms. The van der Waals surface area contributed by atoms with E-state index in [0.29, 0.717) is 16.8 Å². The van der Waals surface area contributed by atoms with Crippen molar-refractivity contribution in [1.29, 1.82) is 0 Å². The van der Waals surface area contributed by atoms with Crippen molar-refractivity contribution in [2.75, 3.05) is 4.72 Å². The lowest BCUT2D eigenvalue weighted by Gasteiger charge is -2.18. The number of aliphatic hydroxyl groups is 1. The first-order valence-corrected chi connectivity index (χ1v) is 9.78. The highest BCUT2D eigenvalue weighted by molar-refractivity contribution is 7.92. The second-order valence-electron chi connectivity index (χ2n) is 6.32. The van der Waals surface area contributed by atoms with E-state index < -0.39 is 16.1 Å². The summed E-state index contributed by atoms with van der Waals surface area (Å²) >= 11 is 0. The Hall–Kier alpha value is -2.63. The van der Waals surface area contributed by atoms with Crippen LogP contribution in [0.2, 0.25) is 0 Å². The van der Waals surface area contributed by atoms with Crippen LogP contribution >= 0.6 is 0 Å². The summed E-state index contributed by atoms with van der Waals surface area (Å²) in [6.45, 7) is 3.78. The summed E-state index contributed by atoms with van der Waals surface area (Å²) in [6, 6.07) is 21.1. The maximum atomic E-state index is 12.7. The van der Waals surface area contributed by atoms with Crippen LogP contribution in [0, 0.1) is 13.8 Å². The third-order valence-electron chi connectivity index (χ3n) is 4.19. The Morgan fingerprint density at radius 1 is 0.846 bits per heavy atom. The van der Waals surface area contributed by atoms with Gasteiger partial charge in [0.05, 0.1) is 10.6 Å². The summed E-state index contributed by atoms with van der Waals surface area (Å²) < 4.78 is 28.1. The topological polar surface area (TPSA) is 66.4 Å². The molecule has 0 aliphatic heterocycles. The van der Waals surface area contributed by atoms with Crippen LogP contribution in [0.3, 0.4) is 0 Å². The van der Waals surface area contributed by atoms with Crippen molar-refractivity contribution in [3.63, 3.8) is 0 Å². The van der Waals surface area contributed by atoms with Crippen molar-refractivity contribution in [3.8, 4) is 0 Å². The monoisotopic (exact) mass is 367 g/mol. The molecule has 0 aromatic heterocycles. The van der Waals surface area contributed by atoms with Crippen molar-refractivity contribution in [2.45, 2.75) is 24.8 Å². The van der Waals surface area contributed by atoms with E-state index in [4.69, 9.17) is 0 Å². The van der Waals surface area contributed by atoms with Crippen LogP contribution in [0.5, 0.6) is 0 Å². The van der Waals surface area contributed by atoms with E-state index >= 15 is 0 Å². The van der Waals surface area contributed by atoms with Gasteiger partial charge in [0.25, 0.3) is 10.0 Å². The standard InChI is InChI=1S/C21H21NO3S/c1-15-8-11-18(12-9-15)26(24,25)22-20-14-16(2)10-13-19(20)21(23)17-6-4-3-5-7-17/h3-14,21-23H,1-2H3. The quantitative estimate of drug-likeness (QED) is 0.711. The molecular formula is C21H21NO3S. The van der Waals surface area contributed by atoms with E-state index in [-0.39, 0.29) is 4.90 Å². The molecule has 0 radical (unpaired) electrons. The molecule has 26 heavy (non-hydrogen) atoms. The van der Waals surface area contributed by atoms with Gasteiger partial charge >= 0.3 is 0 Å². The molecule has 0 saturated heterocycles. The fraction of sp³-hybridized carbons (Fsp3) is 0.143. The number of benzene rings is 3. The van der Waals surface area contributed by atoms with Crippen LogP contribution in [-0.2, 0) is 10.0 Å². The van der Waals surface area contributed by atoms with Crippen molar-refractivity contribution >= 4 is 15.7 Å². The third kappa shape index (κ3) is 3.95. The van der Waals surface area contributed by atoms with Crippen molar-refractivity contribution < 1.29 is 13.5 Å². The molecule has 4 nitrogen and oxygen atoms in total. The first kappa shape index (κ1) is 18.2. The van der Waals surface area contributed by atoms with Crippen LogP contribution in [0.1, 0.15) is 28.4 Å². The van der Waals surface area contributed by atoms with Gasteiger partial charge in [0.2, 0.25) is 0 Å². The molecule has 1 unspecified atom stereocenters. The lowest BCUT2D eigenvalue weighted by atomic mass is 9.99. The Balaban J connectivity index is 1.99. The smallest absolute Gasteiger partial charge is 0.261 e. The van der Waals surface area contributed by atoms with Gasteiger partial charge in [-0.2, -0.15) is 0 Å². The van der Waals surface area contributed by atoms with Crippen LogP contribution in [-0.4, -0.2) is 13.5 Å². The largest absolute Gasteiger partial charge is 0.384 e. The SMILES string of the molecule is Cc1ccc(S(=O)(=O)Nc2cc(C)ccc2C(O)c2ccccc2)cc1. The van der Waals surface area contributed by atoms with Crippen molar-refractivity contribution in [2.24, 2.45) is 0 Å². The number of anilines is 1. The highest BCUT2D eigenvalue weighted by atomic mass is 32.2. The molecule has 1 atom stereocenters. The van der Waals surface area contributed by atoms with E-state index in [1.54, 1.807) is 36.4 Å². The number of aliphatic hydroxyl groups excluding tert-OH is 1. The lowest BCUT2D eigenvalue weighted by Crippen LogP contribution is -2.15. The lowest BCUT2D eigenvalue weighted by molar-refractivity contribution is 0.221. The van der Waals surface area contributed by atoms with E-state index in [0.717, 1.165) is 11.1 Å². The van der Waals surface area contributed by atoms with Crippen LogP contribution in [0.15, 0.2) is 77.7 Å². The molecule has 0 bridgehead atoms. The van der Waals surface area contributed by atoms with Crippen LogP contribution in [0.25, 0.3) is 0 Å². The second kappa shape index (κ2) is 7.32. The van der Waals surface area contributed by atoms with Gasteiger partial charge < -0.3 is 5.11 Å². The summed E-state index contributed by atoms with van der Waals surface area (Å²) in [7, 11) is -3.75. The van der Waals surface area contributed by atoms with Gasteiger partial charge in [-0.25, -0.2) is 8.42 Å². The minimum Gasteiger partial charge on any atom is -0.384 e. The maximum absolute atomic E-state index is 12.7. The molecule has 0 saturated carbocycles. The van der Waals surface area contributed by atoms with E-state index in [1.807, 2.05) is 50.2 Å². The third-order valence-corrected chi connectivity index (χ3v) is 5.58. The Kier molecular flexibility index (Phi) is 5.11. The summed E-state index contributed by atoms with van der Waals surface area (Å²) in [4.78, 5) is 0.185. The first-order valence-electron chi connectivity index (χ1n) is 8.30. The molecule has 0 fully saturated rings. The fourth-order valence-electron chi connectivity index (χ4n) is 2.73. The molecule has 0 amide bonds. The van der Waals surface area contributed by atoms with Gasteiger partial charge in [-0.1, -0.05) is 60.2 Å². The number of sulfonamides is 1. The maximum Gasteiger partial charge on any atom is 0.261 e. The van der Waals surface area contributed by atoms with Crippen molar-refractivity contribution in [3.05, 3.63) is 95.1 Å². The highest BCUT2D eigenvalue weighted by Crippen LogP contribution is 2.30. The average Bonchev–Trinajstić information content (AvgIpc) is 2.62. The van der Waals surface area contributed by atoms with E-state index in [1.165, 1.54) is 0 Å². The number of rotatable bonds is 5. The zero-order valence-electron chi connectivity index (χ0n) is 14.7. The molecule has 3 rings (SSSR count). The molecule has 0 aliphatic carbocycles. The summed E-state index contributed by atoms with van der Waals surface area (Å²) in [5.41, 5.74) is 3.47. The Labute approximate surface area is 154 Å². The van der Waals surface area contributed by atoms with Crippen LogP contribution < -0.4 is 4.72 Å². The fourth-order valence-corrected chi connectivity index (χ4v) is 3.81. The first-order chi connectivity index (χ1) is 12.4. The Bertz CT molecular complexity index is 997. The Morgan fingerprint density at radius 2 is 1.46 bits per heavy atom. The normalized spacial score (nSPS) is 12.6. The van der Waals surface area contributed by atoms with Crippen LogP contribution in [0.4, 0.5) is 5.69 Å².